The van der Waals surface area contributed by atoms with E-state index in [-0.39, 0.29) is 27.5 Å². The molecule has 1 saturated heterocycles. The number of aromatic nitrogens is 6. The molecule has 0 radical (unpaired) electrons. The summed E-state index contributed by atoms with van der Waals surface area (Å²) in [5.41, 5.74) is 5.61. The molecular weight excluding hydrogens is 809 g/mol. The van der Waals surface area contributed by atoms with Crippen molar-refractivity contribution in [3.8, 4) is 11.1 Å². The molecule has 2 aliphatic carbocycles. The van der Waals surface area contributed by atoms with Crippen LogP contribution in [0.2, 0.25) is 0 Å². The number of nitrogens with one attached hydrogen (secondary N) is 1. The molecule has 14 heteroatoms. The van der Waals surface area contributed by atoms with Crippen molar-refractivity contribution in [2.75, 3.05) is 56.1 Å². The average Bonchev–Trinajstić information content (AvgIpc) is 3.82. The zero-order valence-electron chi connectivity index (χ0n) is 38.6. The van der Waals surface area contributed by atoms with Crippen LogP contribution in [-0.4, -0.2) is 108 Å². The molecule has 2 aliphatic heterocycles. The Balaban J connectivity index is 0.903. The fourth-order valence-electron chi connectivity index (χ4n) is 12.8. The van der Waals surface area contributed by atoms with Crippen molar-refractivity contribution in [2.45, 2.75) is 125 Å². The Labute approximate surface area is 376 Å². The number of rotatable bonds is 13. The van der Waals surface area contributed by atoms with Crippen LogP contribution in [0.25, 0.3) is 21.3 Å². The highest BCUT2D eigenvalue weighted by Crippen LogP contribution is 2.65. The second-order valence-electron chi connectivity index (χ2n) is 20.6. The van der Waals surface area contributed by atoms with E-state index >= 15 is 0 Å². The highest BCUT2D eigenvalue weighted by atomic mass is 32.1. The van der Waals surface area contributed by atoms with E-state index in [4.69, 9.17) is 19.8 Å². The second kappa shape index (κ2) is 16.8. The van der Waals surface area contributed by atoms with Crippen LogP contribution in [0.5, 0.6) is 0 Å². The number of hydrogen-bond acceptors (Lipinski definition) is 12. The van der Waals surface area contributed by atoms with Gasteiger partial charge in [-0.2, -0.15) is 5.10 Å². The number of hydrogen-bond donors (Lipinski definition) is 2. The number of pyridine rings is 1. The highest BCUT2D eigenvalue weighted by molar-refractivity contribution is 7.22. The van der Waals surface area contributed by atoms with Crippen molar-refractivity contribution in [3.05, 3.63) is 65.1 Å². The maximum absolute atomic E-state index is 13.0. The Morgan fingerprint density at radius 3 is 2.37 bits per heavy atom. The van der Waals surface area contributed by atoms with Crippen molar-refractivity contribution in [2.24, 2.45) is 16.2 Å². The third-order valence-corrected chi connectivity index (χ3v) is 15.9. The topological polar surface area (TPSA) is 138 Å². The molecule has 336 valence electrons. The van der Waals surface area contributed by atoms with Crippen molar-refractivity contribution >= 4 is 50.1 Å². The number of ether oxygens (including phenoxy) is 1. The Morgan fingerprint density at radius 2 is 1.67 bits per heavy atom. The smallest absolute Gasteiger partial charge is 0.355 e. The first-order valence-corrected chi connectivity index (χ1v) is 24.0. The lowest BCUT2D eigenvalue weighted by atomic mass is 9.46. The first kappa shape index (κ1) is 43.7. The van der Waals surface area contributed by atoms with E-state index in [1.54, 1.807) is 11.3 Å². The van der Waals surface area contributed by atoms with Gasteiger partial charge in [0.05, 0.1) is 28.6 Å². The van der Waals surface area contributed by atoms with Crippen LogP contribution >= 0.6 is 11.3 Å². The standard InChI is InChI=1S/C49H66N10O3S/c1-9-49(29-46(6)26-47(7,30-49)28-48(8,27-46)62-24-23-56-19-21-57(22-20-56)32(2)3)31-59-34(5)37(25-50-59)36-16-17-40(52-41(36)44(60)61)58-18-12-13-35-33(4)42(54-55-43(35)58)53-45-51-38-14-10-11-15-39(38)63-45/h10-11,14-17,25,32H,9,12-13,18-24,26-31H2,1-8H3,(H,60,61)(H,51,53,54)/t46-,47+,48?,49?. The third-order valence-electron chi connectivity index (χ3n) is 14.9. The highest BCUT2D eigenvalue weighted by Gasteiger charge is 2.58. The number of anilines is 4. The summed E-state index contributed by atoms with van der Waals surface area (Å²) in [5, 5.41) is 29.1. The van der Waals surface area contributed by atoms with Gasteiger partial charge in [0.25, 0.3) is 0 Å². The Kier molecular flexibility index (Phi) is 11.7. The van der Waals surface area contributed by atoms with E-state index < -0.39 is 5.97 Å². The summed E-state index contributed by atoms with van der Waals surface area (Å²) in [6.45, 7) is 26.2. The number of piperazine rings is 1. The molecule has 13 nitrogen and oxygen atoms in total. The van der Waals surface area contributed by atoms with Crippen LogP contribution in [0, 0.1) is 30.1 Å². The number of carbonyl (C=O) groups is 1. The molecule has 5 aromatic rings. The lowest BCUT2D eigenvalue weighted by Crippen LogP contribution is -2.56. The Bertz CT molecular complexity index is 2440. The molecule has 3 fully saturated rings. The molecule has 6 heterocycles. The second-order valence-corrected chi connectivity index (χ2v) is 21.7. The minimum Gasteiger partial charge on any atom is -0.476 e. The number of nitrogens with zero attached hydrogens (tertiary/aromatic N) is 9. The van der Waals surface area contributed by atoms with Crippen LogP contribution in [0.3, 0.4) is 0 Å². The van der Waals surface area contributed by atoms with E-state index in [0.717, 1.165) is 129 Å². The molecule has 2 unspecified atom stereocenters. The van der Waals surface area contributed by atoms with Gasteiger partial charge in [-0.3, -0.25) is 14.5 Å². The van der Waals surface area contributed by atoms with Gasteiger partial charge >= 0.3 is 5.97 Å². The van der Waals surface area contributed by atoms with Gasteiger partial charge in [0.15, 0.2) is 22.5 Å². The number of aromatic carboxylic acids is 1. The average molecular weight is 875 g/mol. The van der Waals surface area contributed by atoms with E-state index in [9.17, 15) is 9.90 Å². The summed E-state index contributed by atoms with van der Waals surface area (Å²) in [6.07, 6.45) is 10.2. The van der Waals surface area contributed by atoms with Crippen molar-refractivity contribution in [3.63, 3.8) is 0 Å². The minimum absolute atomic E-state index is 0.00982. The van der Waals surface area contributed by atoms with Gasteiger partial charge in [0.1, 0.15) is 5.82 Å². The molecular formula is C49H66N10O3S. The SMILES string of the molecule is CCC1(Cn2ncc(-c3ccc(N4CCCc5c4nnc(Nc4nc6ccccc6s4)c5C)nc3C(=O)O)c2C)C[C@@]2(C)CC(C)(OCCN3CCN(C(C)C)CC3)C[C@@](C)(C1)C2. The monoisotopic (exact) mass is 875 g/mol. The number of carboxylic acids is 1. The number of benzene rings is 1. The summed E-state index contributed by atoms with van der Waals surface area (Å²) in [6, 6.07) is 12.5. The largest absolute Gasteiger partial charge is 0.476 e. The molecule has 1 aromatic carbocycles. The van der Waals surface area contributed by atoms with Crippen LogP contribution in [-0.2, 0) is 17.7 Å². The van der Waals surface area contributed by atoms with Crippen LogP contribution < -0.4 is 10.2 Å². The van der Waals surface area contributed by atoms with Crippen LogP contribution in [0.1, 0.15) is 114 Å². The number of fused-ring (bicyclic) bond motifs is 4. The van der Waals surface area contributed by atoms with Crippen molar-refractivity contribution in [1.29, 1.82) is 0 Å². The summed E-state index contributed by atoms with van der Waals surface area (Å²) in [5.74, 6) is 0.856. The van der Waals surface area contributed by atoms with Gasteiger partial charge in [-0.25, -0.2) is 14.8 Å². The van der Waals surface area contributed by atoms with E-state index in [2.05, 4.69) is 91.5 Å². The van der Waals surface area contributed by atoms with Gasteiger partial charge in [0.2, 0.25) is 0 Å². The van der Waals surface area contributed by atoms with Crippen molar-refractivity contribution in [1.82, 2.24) is 39.7 Å². The summed E-state index contributed by atoms with van der Waals surface area (Å²) in [7, 11) is 0. The molecule has 63 heavy (non-hydrogen) atoms. The first-order valence-electron chi connectivity index (χ1n) is 23.2. The minimum atomic E-state index is -1.07. The lowest BCUT2D eigenvalue weighted by molar-refractivity contribution is -0.174. The zero-order valence-corrected chi connectivity index (χ0v) is 39.4. The zero-order chi connectivity index (χ0) is 44.3. The fourth-order valence-corrected chi connectivity index (χ4v) is 13.6. The molecule has 2 saturated carbocycles. The molecule has 2 N–H and O–H groups in total. The predicted octanol–water partition coefficient (Wildman–Crippen LogP) is 9.68. The summed E-state index contributed by atoms with van der Waals surface area (Å²) in [4.78, 5) is 29.7. The molecule has 0 amide bonds. The van der Waals surface area contributed by atoms with E-state index in [1.807, 2.05) is 41.4 Å². The van der Waals surface area contributed by atoms with Crippen LogP contribution in [0.15, 0.2) is 42.6 Å². The number of carboxylic acid groups (broad SMARTS) is 1. The molecule has 0 spiro atoms. The summed E-state index contributed by atoms with van der Waals surface area (Å²) < 4.78 is 10.1. The van der Waals surface area contributed by atoms with Gasteiger partial charge in [0, 0.05) is 79.8 Å². The lowest BCUT2D eigenvalue weighted by Gasteiger charge is -2.61. The van der Waals surface area contributed by atoms with E-state index in [0.29, 0.717) is 35.6 Å². The molecule has 4 atom stereocenters. The quantitative estimate of drug-likeness (QED) is 0.117. The Hall–Kier alpha value is -4.50. The van der Waals surface area contributed by atoms with Crippen molar-refractivity contribution < 1.29 is 14.6 Å². The number of para-hydroxylation sites is 1. The molecule has 9 rings (SSSR count). The fraction of sp³-hybridized carbons (Fsp3) is 0.592. The first-order chi connectivity index (χ1) is 30.1. The van der Waals surface area contributed by atoms with Gasteiger partial charge in [-0.05, 0) is 126 Å². The molecule has 4 aromatic heterocycles. The predicted molar refractivity (Wildman–Crippen MR) is 252 cm³/mol. The number of thiazole rings is 1. The Morgan fingerprint density at radius 1 is 0.921 bits per heavy atom. The maximum atomic E-state index is 13.0. The van der Waals surface area contributed by atoms with E-state index in [1.165, 1.54) is 6.42 Å². The van der Waals surface area contributed by atoms with Gasteiger partial charge in [-0.15, -0.1) is 10.2 Å². The molecule has 2 bridgehead atoms. The van der Waals surface area contributed by atoms with Crippen LogP contribution in [0.4, 0.5) is 22.6 Å². The third kappa shape index (κ3) is 8.72. The maximum Gasteiger partial charge on any atom is 0.355 e. The molecule has 4 aliphatic rings. The van der Waals surface area contributed by atoms with Gasteiger partial charge < -0.3 is 20.1 Å². The normalized spacial score (nSPS) is 26.7. The summed E-state index contributed by atoms with van der Waals surface area (Å²) >= 11 is 1.58. The van der Waals surface area contributed by atoms with Gasteiger partial charge in [-0.1, -0.05) is 44.2 Å².